The number of aryl methyl sites for hydroxylation is 2. The van der Waals surface area contributed by atoms with Gasteiger partial charge in [-0.15, -0.1) is 0 Å². The lowest BCUT2D eigenvalue weighted by atomic mass is 10.2. The van der Waals surface area contributed by atoms with Crippen molar-refractivity contribution in [3.63, 3.8) is 0 Å². The molecular weight excluding hydrogens is 266 g/mol. The van der Waals surface area contributed by atoms with Gasteiger partial charge in [0, 0.05) is 5.69 Å². The molecule has 0 saturated carbocycles. The predicted molar refractivity (Wildman–Crippen MR) is 72.2 cm³/mol. The number of pyridine rings is 1. The fraction of sp³-hybridized carbons (Fsp3) is 0.308. The molecule has 6 heteroatoms. The van der Waals surface area contributed by atoms with Gasteiger partial charge in [-0.05, 0) is 32.4 Å². The Morgan fingerprint density at radius 1 is 1.42 bits per heavy atom. The van der Waals surface area contributed by atoms with Gasteiger partial charge in [0.25, 0.3) is 0 Å². The van der Waals surface area contributed by atoms with Crippen LogP contribution < -0.4 is 0 Å². The highest BCUT2D eigenvalue weighted by molar-refractivity contribution is 6.31. The molecule has 2 aromatic heterocycles. The molecule has 0 fully saturated rings. The van der Waals surface area contributed by atoms with Crippen LogP contribution in [0.3, 0.4) is 0 Å². The standard InChI is InChI=1S/C13H14ClN3O2/c1-4-10-5-9(13(18)19)6-11(15-10)17-8(3)12(14)7(2)16-17/h5-6H,4H2,1-3H3,(H,18,19). The van der Waals surface area contributed by atoms with Crippen LogP contribution in [0.4, 0.5) is 0 Å². The highest BCUT2D eigenvalue weighted by Gasteiger charge is 2.14. The number of halogens is 1. The maximum atomic E-state index is 11.1. The number of hydrogen-bond donors (Lipinski definition) is 1. The van der Waals surface area contributed by atoms with Crippen LogP contribution in [-0.2, 0) is 6.42 Å². The molecular formula is C13H14ClN3O2. The van der Waals surface area contributed by atoms with Crippen LogP contribution in [0.25, 0.3) is 5.82 Å². The van der Waals surface area contributed by atoms with Crippen molar-refractivity contribution in [2.24, 2.45) is 0 Å². The highest BCUT2D eigenvalue weighted by Crippen LogP contribution is 2.22. The molecule has 2 aromatic rings. The molecule has 0 spiro atoms. The van der Waals surface area contributed by atoms with Crippen LogP contribution in [0.15, 0.2) is 12.1 Å². The Balaban J connectivity index is 2.64. The van der Waals surface area contributed by atoms with Crippen molar-refractivity contribution in [2.45, 2.75) is 27.2 Å². The molecule has 0 atom stereocenters. The van der Waals surface area contributed by atoms with E-state index in [-0.39, 0.29) is 5.56 Å². The van der Waals surface area contributed by atoms with Crippen molar-refractivity contribution in [3.8, 4) is 5.82 Å². The van der Waals surface area contributed by atoms with Crippen LogP contribution in [0, 0.1) is 13.8 Å². The number of rotatable bonds is 3. The van der Waals surface area contributed by atoms with Crippen molar-refractivity contribution < 1.29 is 9.90 Å². The highest BCUT2D eigenvalue weighted by atomic mass is 35.5. The largest absolute Gasteiger partial charge is 0.478 e. The molecule has 19 heavy (non-hydrogen) atoms. The van der Waals surface area contributed by atoms with E-state index in [1.807, 2.05) is 13.8 Å². The lowest BCUT2D eigenvalue weighted by Crippen LogP contribution is -2.07. The molecule has 0 aromatic carbocycles. The quantitative estimate of drug-likeness (QED) is 0.938. The van der Waals surface area contributed by atoms with Crippen LogP contribution >= 0.6 is 11.6 Å². The second-order valence-corrected chi connectivity index (χ2v) is 4.64. The summed E-state index contributed by atoms with van der Waals surface area (Å²) in [5.41, 5.74) is 2.35. The summed E-state index contributed by atoms with van der Waals surface area (Å²) in [7, 11) is 0. The Bertz CT molecular complexity index is 650. The van der Waals surface area contributed by atoms with E-state index in [2.05, 4.69) is 10.1 Å². The normalized spacial score (nSPS) is 10.7. The van der Waals surface area contributed by atoms with Gasteiger partial charge >= 0.3 is 5.97 Å². The minimum absolute atomic E-state index is 0.200. The van der Waals surface area contributed by atoms with Crippen LogP contribution in [-0.4, -0.2) is 25.8 Å². The number of carboxylic acid groups (broad SMARTS) is 1. The van der Waals surface area contributed by atoms with Gasteiger partial charge in [-0.1, -0.05) is 18.5 Å². The first-order chi connectivity index (χ1) is 8.93. The summed E-state index contributed by atoms with van der Waals surface area (Å²) in [5, 5.41) is 14.0. The molecule has 0 aliphatic rings. The number of hydrogen-bond acceptors (Lipinski definition) is 3. The summed E-state index contributed by atoms with van der Waals surface area (Å²) in [4.78, 5) is 15.5. The summed E-state index contributed by atoms with van der Waals surface area (Å²) in [6.07, 6.45) is 0.654. The Kier molecular flexibility index (Phi) is 3.57. The van der Waals surface area contributed by atoms with E-state index in [9.17, 15) is 4.79 Å². The zero-order valence-corrected chi connectivity index (χ0v) is 11.7. The first-order valence-corrected chi connectivity index (χ1v) is 6.28. The summed E-state index contributed by atoms with van der Waals surface area (Å²) in [6, 6.07) is 3.07. The summed E-state index contributed by atoms with van der Waals surface area (Å²) in [5.74, 6) is -0.504. The van der Waals surface area contributed by atoms with Crippen molar-refractivity contribution in [2.75, 3.05) is 0 Å². The first kappa shape index (κ1) is 13.5. The lowest BCUT2D eigenvalue weighted by molar-refractivity contribution is 0.0696. The Labute approximate surface area is 115 Å². The molecule has 0 aliphatic heterocycles. The summed E-state index contributed by atoms with van der Waals surface area (Å²) in [6.45, 7) is 5.54. The number of carboxylic acids is 1. The third kappa shape index (κ3) is 2.46. The Morgan fingerprint density at radius 2 is 2.11 bits per heavy atom. The number of carbonyl (C=O) groups is 1. The maximum absolute atomic E-state index is 11.1. The minimum atomic E-state index is -0.981. The zero-order valence-electron chi connectivity index (χ0n) is 10.9. The molecule has 0 unspecified atom stereocenters. The van der Waals surface area contributed by atoms with Gasteiger partial charge in [-0.25, -0.2) is 14.5 Å². The molecule has 0 saturated heterocycles. The topological polar surface area (TPSA) is 68.0 Å². The number of aromatic nitrogens is 3. The number of nitrogens with zero attached hydrogens (tertiary/aromatic N) is 3. The molecule has 0 bridgehead atoms. The van der Waals surface area contributed by atoms with Crippen molar-refractivity contribution in [3.05, 3.63) is 39.8 Å². The average molecular weight is 280 g/mol. The third-order valence-corrected chi connectivity index (χ3v) is 3.44. The van der Waals surface area contributed by atoms with E-state index < -0.39 is 5.97 Å². The van der Waals surface area contributed by atoms with Crippen molar-refractivity contribution >= 4 is 17.6 Å². The van der Waals surface area contributed by atoms with Gasteiger partial charge in [0.1, 0.15) is 0 Å². The van der Waals surface area contributed by atoms with E-state index in [0.717, 1.165) is 5.69 Å². The van der Waals surface area contributed by atoms with Gasteiger partial charge in [0.2, 0.25) is 0 Å². The van der Waals surface area contributed by atoms with E-state index >= 15 is 0 Å². The van der Waals surface area contributed by atoms with E-state index in [1.165, 1.54) is 6.07 Å². The van der Waals surface area contributed by atoms with Gasteiger partial charge in [-0.2, -0.15) is 5.10 Å². The van der Waals surface area contributed by atoms with Crippen molar-refractivity contribution in [1.29, 1.82) is 0 Å². The molecule has 2 rings (SSSR count). The fourth-order valence-electron chi connectivity index (χ4n) is 1.83. The minimum Gasteiger partial charge on any atom is -0.478 e. The Morgan fingerprint density at radius 3 is 2.58 bits per heavy atom. The summed E-state index contributed by atoms with van der Waals surface area (Å²) < 4.78 is 1.57. The smallest absolute Gasteiger partial charge is 0.335 e. The maximum Gasteiger partial charge on any atom is 0.335 e. The van der Waals surface area contributed by atoms with E-state index in [1.54, 1.807) is 17.7 Å². The molecule has 2 heterocycles. The molecule has 0 radical (unpaired) electrons. The van der Waals surface area contributed by atoms with Gasteiger partial charge in [0.15, 0.2) is 5.82 Å². The molecule has 1 N–H and O–H groups in total. The third-order valence-electron chi connectivity index (χ3n) is 2.89. The molecule has 0 aliphatic carbocycles. The Hall–Kier alpha value is -1.88. The molecule has 0 amide bonds. The van der Waals surface area contributed by atoms with Gasteiger partial charge < -0.3 is 5.11 Å². The monoisotopic (exact) mass is 279 g/mol. The second-order valence-electron chi connectivity index (χ2n) is 4.26. The number of aromatic carboxylic acids is 1. The SMILES string of the molecule is CCc1cc(C(=O)O)cc(-n2nc(C)c(Cl)c2C)n1. The van der Waals surface area contributed by atoms with Crippen LogP contribution in [0.5, 0.6) is 0 Å². The zero-order chi connectivity index (χ0) is 14.2. The van der Waals surface area contributed by atoms with E-state index in [0.29, 0.717) is 28.6 Å². The van der Waals surface area contributed by atoms with E-state index in [4.69, 9.17) is 16.7 Å². The van der Waals surface area contributed by atoms with Crippen LogP contribution in [0.2, 0.25) is 5.02 Å². The van der Waals surface area contributed by atoms with Gasteiger partial charge in [-0.3, -0.25) is 0 Å². The van der Waals surface area contributed by atoms with Gasteiger partial charge in [0.05, 0.1) is 22.0 Å². The second kappa shape index (κ2) is 5.01. The van der Waals surface area contributed by atoms with Crippen LogP contribution in [0.1, 0.15) is 34.4 Å². The average Bonchev–Trinajstić information content (AvgIpc) is 2.66. The molecule has 5 nitrogen and oxygen atoms in total. The van der Waals surface area contributed by atoms with Crippen molar-refractivity contribution in [1.82, 2.24) is 14.8 Å². The summed E-state index contributed by atoms with van der Waals surface area (Å²) >= 11 is 6.10. The first-order valence-electron chi connectivity index (χ1n) is 5.90. The predicted octanol–water partition coefficient (Wildman–Crippen LogP) is 2.80. The fourth-order valence-corrected chi connectivity index (χ4v) is 1.95. The molecule has 100 valence electrons. The lowest BCUT2D eigenvalue weighted by Gasteiger charge is -2.07.